The summed E-state index contributed by atoms with van der Waals surface area (Å²) in [6, 6.07) is 0. The minimum atomic E-state index is 0.388. The fourth-order valence-electron chi connectivity index (χ4n) is 6.06. The largest absolute Gasteiger partial charge is 0.303 e. The van der Waals surface area contributed by atoms with Gasteiger partial charge in [-0.05, 0) is 45.2 Å². The second-order valence-corrected chi connectivity index (χ2v) is 11.0. The molecule has 0 bridgehead atoms. The van der Waals surface area contributed by atoms with Gasteiger partial charge < -0.3 is 4.90 Å². The van der Waals surface area contributed by atoms with Gasteiger partial charge in [-0.2, -0.15) is 0 Å². The van der Waals surface area contributed by atoms with Crippen molar-refractivity contribution in [2.24, 2.45) is 11.8 Å². The van der Waals surface area contributed by atoms with Crippen molar-refractivity contribution in [3.05, 3.63) is 0 Å². The highest BCUT2D eigenvalue weighted by Gasteiger charge is 2.41. The van der Waals surface area contributed by atoms with Crippen molar-refractivity contribution in [1.29, 1.82) is 0 Å². The predicted molar refractivity (Wildman–Crippen MR) is 144 cm³/mol. The van der Waals surface area contributed by atoms with E-state index in [0.29, 0.717) is 5.54 Å². The molecule has 0 amide bonds. The topological polar surface area (TPSA) is 3.24 Å². The molecule has 1 nitrogen and oxygen atoms in total. The average molecular weight is 438 g/mol. The predicted octanol–water partition coefficient (Wildman–Crippen LogP) is 10.4. The molecule has 2 unspecified atom stereocenters. The Morgan fingerprint density at radius 3 is 1.16 bits per heavy atom. The Hall–Kier alpha value is -0.0400. The van der Waals surface area contributed by atoms with E-state index in [-0.39, 0.29) is 0 Å². The summed E-state index contributed by atoms with van der Waals surface area (Å²) < 4.78 is 0. The minimum absolute atomic E-state index is 0.388. The average Bonchev–Trinajstić information content (AvgIpc) is 2.75. The Morgan fingerprint density at radius 1 is 0.484 bits per heavy atom. The Bertz CT molecular complexity index is 343. The molecule has 0 saturated carbocycles. The third kappa shape index (κ3) is 13.3. The lowest BCUT2D eigenvalue weighted by Crippen LogP contribution is -2.54. The van der Waals surface area contributed by atoms with Gasteiger partial charge in [0.25, 0.3) is 0 Å². The van der Waals surface area contributed by atoms with Crippen LogP contribution >= 0.6 is 0 Å². The van der Waals surface area contributed by atoms with Gasteiger partial charge in [-0.15, -0.1) is 0 Å². The van der Waals surface area contributed by atoms with Crippen LogP contribution in [0.25, 0.3) is 0 Å². The van der Waals surface area contributed by atoms with E-state index in [1.165, 1.54) is 128 Å². The standard InChI is InChI=1S/C30H63N/c1-8-11-14-17-18-19-20-21-24-27-30(31(6)7,28(4)25-22-15-12-9-2)29(5)26-23-16-13-10-3/h28-29H,8-27H2,1-7H3. The van der Waals surface area contributed by atoms with Gasteiger partial charge in [0.15, 0.2) is 0 Å². The zero-order chi connectivity index (χ0) is 23.4. The van der Waals surface area contributed by atoms with E-state index in [2.05, 4.69) is 53.6 Å². The van der Waals surface area contributed by atoms with Gasteiger partial charge in [-0.3, -0.25) is 0 Å². The van der Waals surface area contributed by atoms with Gasteiger partial charge in [-0.1, -0.05) is 144 Å². The molecule has 0 aromatic rings. The van der Waals surface area contributed by atoms with E-state index in [0.717, 1.165) is 11.8 Å². The van der Waals surface area contributed by atoms with Crippen molar-refractivity contribution >= 4 is 0 Å². The van der Waals surface area contributed by atoms with Crippen LogP contribution in [0.1, 0.15) is 163 Å². The molecule has 0 aliphatic carbocycles. The highest BCUT2D eigenvalue weighted by Crippen LogP contribution is 2.41. The zero-order valence-electron chi connectivity index (χ0n) is 23.2. The second kappa shape index (κ2) is 20.6. The van der Waals surface area contributed by atoms with E-state index in [9.17, 15) is 0 Å². The SMILES string of the molecule is CCCCCCCCCCCC(C(C)CCCCCC)(C(C)CCCCCC)N(C)C. The van der Waals surface area contributed by atoms with Crippen LogP contribution in [0.2, 0.25) is 0 Å². The Labute approximate surface area is 199 Å². The summed E-state index contributed by atoms with van der Waals surface area (Å²) in [5, 5.41) is 0. The zero-order valence-corrected chi connectivity index (χ0v) is 23.2. The van der Waals surface area contributed by atoms with E-state index in [4.69, 9.17) is 0 Å². The first-order valence-corrected chi connectivity index (χ1v) is 14.6. The summed E-state index contributed by atoms with van der Waals surface area (Å²) in [4.78, 5) is 2.66. The molecular formula is C30H63N. The molecule has 0 aliphatic heterocycles. The summed E-state index contributed by atoms with van der Waals surface area (Å²) in [6.07, 6.45) is 28.4. The van der Waals surface area contributed by atoms with Gasteiger partial charge >= 0.3 is 0 Å². The summed E-state index contributed by atoms with van der Waals surface area (Å²) in [5.74, 6) is 1.60. The third-order valence-corrected chi connectivity index (χ3v) is 8.20. The number of hydrogen-bond donors (Lipinski definition) is 0. The number of hydrogen-bond acceptors (Lipinski definition) is 1. The first-order valence-electron chi connectivity index (χ1n) is 14.6. The molecule has 0 aromatic heterocycles. The molecule has 0 aliphatic rings. The molecule has 31 heavy (non-hydrogen) atoms. The fraction of sp³-hybridized carbons (Fsp3) is 1.00. The first kappa shape index (κ1) is 31.0. The van der Waals surface area contributed by atoms with E-state index >= 15 is 0 Å². The van der Waals surface area contributed by atoms with E-state index in [1.54, 1.807) is 0 Å². The van der Waals surface area contributed by atoms with Crippen LogP contribution in [0.4, 0.5) is 0 Å². The highest BCUT2D eigenvalue weighted by molar-refractivity contribution is 4.96. The maximum Gasteiger partial charge on any atom is 0.0254 e. The molecule has 0 heterocycles. The van der Waals surface area contributed by atoms with E-state index < -0.39 is 0 Å². The van der Waals surface area contributed by atoms with Crippen LogP contribution in [0, 0.1) is 11.8 Å². The van der Waals surface area contributed by atoms with Crippen molar-refractivity contribution in [3.63, 3.8) is 0 Å². The van der Waals surface area contributed by atoms with Gasteiger partial charge in [-0.25, -0.2) is 0 Å². The molecule has 188 valence electrons. The van der Waals surface area contributed by atoms with Crippen LogP contribution in [-0.2, 0) is 0 Å². The molecule has 0 N–H and O–H groups in total. The van der Waals surface area contributed by atoms with Crippen LogP contribution in [0.15, 0.2) is 0 Å². The van der Waals surface area contributed by atoms with Crippen LogP contribution in [0.5, 0.6) is 0 Å². The molecule has 0 rings (SSSR count). The molecule has 0 radical (unpaired) electrons. The Morgan fingerprint density at radius 2 is 0.806 bits per heavy atom. The number of rotatable bonds is 23. The van der Waals surface area contributed by atoms with Crippen LogP contribution in [0.3, 0.4) is 0 Å². The highest BCUT2D eigenvalue weighted by atomic mass is 15.2. The maximum absolute atomic E-state index is 2.66. The van der Waals surface area contributed by atoms with Crippen molar-refractivity contribution in [3.8, 4) is 0 Å². The smallest absolute Gasteiger partial charge is 0.0254 e. The third-order valence-electron chi connectivity index (χ3n) is 8.20. The quantitative estimate of drug-likeness (QED) is 0.144. The molecule has 0 aromatic carbocycles. The minimum Gasteiger partial charge on any atom is -0.303 e. The molecule has 0 saturated heterocycles. The Balaban J connectivity index is 4.80. The summed E-state index contributed by atoms with van der Waals surface area (Å²) >= 11 is 0. The Kier molecular flexibility index (Phi) is 20.5. The van der Waals surface area contributed by atoms with Crippen molar-refractivity contribution < 1.29 is 0 Å². The van der Waals surface area contributed by atoms with E-state index in [1.807, 2.05) is 0 Å². The fourth-order valence-corrected chi connectivity index (χ4v) is 6.06. The molecule has 0 fully saturated rings. The molecule has 0 spiro atoms. The molecule has 1 heteroatoms. The van der Waals surface area contributed by atoms with Crippen molar-refractivity contribution in [2.75, 3.05) is 14.1 Å². The lowest BCUT2D eigenvalue weighted by molar-refractivity contribution is 0.00960. The number of unbranched alkanes of at least 4 members (excludes halogenated alkanes) is 14. The number of nitrogens with zero attached hydrogens (tertiary/aromatic N) is 1. The van der Waals surface area contributed by atoms with Crippen LogP contribution in [-0.4, -0.2) is 24.5 Å². The molecule has 2 atom stereocenters. The van der Waals surface area contributed by atoms with Gasteiger partial charge in [0.05, 0.1) is 0 Å². The molecular weight excluding hydrogens is 374 g/mol. The van der Waals surface area contributed by atoms with Crippen LogP contribution < -0.4 is 0 Å². The summed E-state index contributed by atoms with van der Waals surface area (Å²) in [5.41, 5.74) is 0.388. The lowest BCUT2D eigenvalue weighted by atomic mass is 9.68. The lowest BCUT2D eigenvalue weighted by Gasteiger charge is -2.50. The summed E-state index contributed by atoms with van der Waals surface area (Å²) in [7, 11) is 4.78. The van der Waals surface area contributed by atoms with Crippen molar-refractivity contribution in [2.45, 2.75) is 169 Å². The normalized spacial score (nSPS) is 15.9. The first-order chi connectivity index (χ1) is 15.0. The monoisotopic (exact) mass is 437 g/mol. The summed E-state index contributed by atoms with van der Waals surface area (Å²) in [6.45, 7) is 12.1. The van der Waals surface area contributed by atoms with Gasteiger partial charge in [0.2, 0.25) is 0 Å². The van der Waals surface area contributed by atoms with Gasteiger partial charge in [0, 0.05) is 5.54 Å². The maximum atomic E-state index is 2.66. The van der Waals surface area contributed by atoms with Crippen molar-refractivity contribution in [1.82, 2.24) is 4.90 Å². The van der Waals surface area contributed by atoms with Gasteiger partial charge in [0.1, 0.15) is 0 Å². The second-order valence-electron chi connectivity index (χ2n) is 11.0.